The maximum absolute atomic E-state index is 12.2. The van der Waals surface area contributed by atoms with E-state index < -0.39 is 0 Å². The Morgan fingerprint density at radius 3 is 2.62 bits per heavy atom. The van der Waals surface area contributed by atoms with Crippen LogP contribution in [0.15, 0.2) is 54.9 Å². The highest BCUT2D eigenvalue weighted by molar-refractivity contribution is 5.80. The van der Waals surface area contributed by atoms with Gasteiger partial charge in [-0.1, -0.05) is 42.5 Å². The molecule has 1 amide bonds. The highest BCUT2D eigenvalue weighted by Crippen LogP contribution is 2.35. The van der Waals surface area contributed by atoms with Crippen LogP contribution in [0.2, 0.25) is 0 Å². The first-order chi connectivity index (χ1) is 14.1. The summed E-state index contributed by atoms with van der Waals surface area (Å²) in [5, 5.41) is 0. The molecule has 0 aliphatic carbocycles. The van der Waals surface area contributed by atoms with Crippen molar-refractivity contribution in [2.45, 2.75) is 26.8 Å². The molecule has 4 rings (SSSR count). The van der Waals surface area contributed by atoms with E-state index in [2.05, 4.69) is 34.9 Å². The minimum atomic E-state index is 0.249. The molecule has 2 aromatic carbocycles. The van der Waals surface area contributed by atoms with Gasteiger partial charge in [-0.15, -0.1) is 0 Å². The third-order valence-corrected chi connectivity index (χ3v) is 5.70. The molecule has 1 saturated heterocycles. The lowest BCUT2D eigenvalue weighted by Gasteiger charge is -2.17. The minimum absolute atomic E-state index is 0.249. The number of carbonyl (C=O) groups excluding carboxylic acids is 1. The highest BCUT2D eigenvalue weighted by atomic mass is 16.5. The zero-order chi connectivity index (χ0) is 20.4. The maximum atomic E-state index is 12.2. The Morgan fingerprint density at radius 2 is 1.93 bits per heavy atom. The fraction of sp³-hybridized carbons (Fsp3) is 0.333. The van der Waals surface area contributed by atoms with Gasteiger partial charge in [0.15, 0.2) is 0 Å². The number of benzene rings is 2. The van der Waals surface area contributed by atoms with Gasteiger partial charge in [-0.05, 0) is 25.5 Å². The molecule has 5 heteroatoms. The zero-order valence-electron chi connectivity index (χ0n) is 17.3. The Balaban J connectivity index is 1.76. The van der Waals surface area contributed by atoms with Crippen molar-refractivity contribution in [3.63, 3.8) is 0 Å². The molecule has 2 heterocycles. The Hall–Kier alpha value is -3.08. The van der Waals surface area contributed by atoms with E-state index >= 15 is 0 Å². The lowest BCUT2D eigenvalue weighted by Crippen LogP contribution is -2.25. The summed E-state index contributed by atoms with van der Waals surface area (Å²) in [6, 6.07) is 16.5. The van der Waals surface area contributed by atoms with Crippen LogP contribution in [0.3, 0.4) is 0 Å². The smallest absolute Gasteiger partial charge is 0.222 e. The summed E-state index contributed by atoms with van der Waals surface area (Å²) in [6.07, 6.45) is 2.51. The fourth-order valence-electron chi connectivity index (χ4n) is 4.16. The first-order valence-electron chi connectivity index (χ1n) is 10.1. The lowest BCUT2D eigenvalue weighted by molar-refractivity contribution is -0.127. The van der Waals surface area contributed by atoms with Crippen molar-refractivity contribution in [3.8, 4) is 28.3 Å². The first kappa shape index (κ1) is 19.2. The average molecular weight is 389 g/mol. The van der Waals surface area contributed by atoms with Gasteiger partial charge in [0, 0.05) is 43.1 Å². The molecule has 1 atom stereocenters. The number of rotatable bonds is 6. The van der Waals surface area contributed by atoms with Gasteiger partial charge < -0.3 is 14.2 Å². The third kappa shape index (κ3) is 3.77. The monoisotopic (exact) mass is 389 g/mol. The van der Waals surface area contributed by atoms with Crippen LogP contribution >= 0.6 is 0 Å². The van der Waals surface area contributed by atoms with Crippen LogP contribution in [-0.2, 0) is 11.3 Å². The van der Waals surface area contributed by atoms with E-state index in [0.717, 1.165) is 53.5 Å². The van der Waals surface area contributed by atoms with E-state index in [9.17, 15) is 4.79 Å². The zero-order valence-corrected chi connectivity index (χ0v) is 17.3. The highest BCUT2D eigenvalue weighted by Gasteiger charge is 2.29. The van der Waals surface area contributed by atoms with E-state index in [1.54, 1.807) is 7.11 Å². The van der Waals surface area contributed by atoms with Crippen LogP contribution in [0.1, 0.15) is 18.9 Å². The van der Waals surface area contributed by atoms with E-state index in [4.69, 9.17) is 9.72 Å². The normalized spacial score (nSPS) is 16.4. The van der Waals surface area contributed by atoms with Gasteiger partial charge in [-0.25, -0.2) is 4.98 Å². The molecule has 0 unspecified atom stereocenters. The standard InChI is InChI=1S/C24H27N3O2/c1-4-26-14-18(12-22(26)28)15-27-16-25-23(19-8-6-5-7-9-19)24(27)20-11-10-17(2)21(13-20)29-3/h5-11,13,16,18H,4,12,14-15H2,1-3H3/t18-/m1/s1. The van der Waals surface area contributed by atoms with Crippen molar-refractivity contribution < 1.29 is 9.53 Å². The SMILES string of the molecule is CCN1C[C@H](Cn2cnc(-c3ccccc3)c2-c2ccc(C)c(OC)c2)CC1=O. The molecule has 1 aliphatic rings. The quantitative estimate of drug-likeness (QED) is 0.628. The minimum Gasteiger partial charge on any atom is -0.496 e. The van der Waals surface area contributed by atoms with E-state index in [-0.39, 0.29) is 5.91 Å². The molecule has 150 valence electrons. The van der Waals surface area contributed by atoms with Crippen LogP contribution in [0, 0.1) is 12.8 Å². The number of imidazole rings is 1. The molecule has 0 N–H and O–H groups in total. The third-order valence-electron chi connectivity index (χ3n) is 5.70. The van der Waals surface area contributed by atoms with Crippen LogP contribution < -0.4 is 4.74 Å². The largest absolute Gasteiger partial charge is 0.496 e. The molecule has 0 spiro atoms. The second kappa shape index (κ2) is 8.11. The second-order valence-corrected chi connectivity index (χ2v) is 7.65. The molecular weight excluding hydrogens is 362 g/mol. The summed E-state index contributed by atoms with van der Waals surface area (Å²) in [7, 11) is 1.70. The lowest BCUT2D eigenvalue weighted by atomic mass is 10.0. The maximum Gasteiger partial charge on any atom is 0.222 e. The predicted octanol–water partition coefficient (Wildman–Crippen LogP) is 4.40. The van der Waals surface area contributed by atoms with Crippen LogP contribution in [0.4, 0.5) is 0 Å². The van der Waals surface area contributed by atoms with Gasteiger partial charge >= 0.3 is 0 Å². The van der Waals surface area contributed by atoms with Crippen molar-refractivity contribution in [2.24, 2.45) is 5.92 Å². The Kier molecular flexibility index (Phi) is 5.38. The number of aromatic nitrogens is 2. The Morgan fingerprint density at radius 1 is 1.14 bits per heavy atom. The Labute approximate surface area is 171 Å². The molecule has 1 aromatic heterocycles. The predicted molar refractivity (Wildman–Crippen MR) is 115 cm³/mol. The van der Waals surface area contributed by atoms with Gasteiger partial charge in [0.2, 0.25) is 5.91 Å². The van der Waals surface area contributed by atoms with E-state index in [0.29, 0.717) is 12.3 Å². The number of likely N-dealkylation sites (tertiary alicyclic amines) is 1. The molecule has 29 heavy (non-hydrogen) atoms. The number of nitrogens with zero attached hydrogens (tertiary/aromatic N) is 3. The molecular formula is C24H27N3O2. The van der Waals surface area contributed by atoms with Crippen LogP contribution in [0.25, 0.3) is 22.5 Å². The summed E-state index contributed by atoms with van der Waals surface area (Å²) in [5.41, 5.74) is 5.27. The second-order valence-electron chi connectivity index (χ2n) is 7.65. The number of hydrogen-bond donors (Lipinski definition) is 0. The van der Waals surface area contributed by atoms with Crippen molar-refractivity contribution in [1.29, 1.82) is 0 Å². The topological polar surface area (TPSA) is 47.4 Å². The number of carbonyl (C=O) groups is 1. The van der Waals surface area contributed by atoms with Gasteiger partial charge in [0.25, 0.3) is 0 Å². The van der Waals surface area contributed by atoms with Crippen molar-refractivity contribution >= 4 is 5.91 Å². The number of hydrogen-bond acceptors (Lipinski definition) is 3. The number of methoxy groups -OCH3 is 1. The summed E-state index contributed by atoms with van der Waals surface area (Å²) >= 11 is 0. The van der Waals surface area contributed by atoms with Gasteiger partial charge in [0.1, 0.15) is 5.75 Å². The molecule has 3 aromatic rings. The van der Waals surface area contributed by atoms with E-state index in [1.165, 1.54) is 0 Å². The summed E-state index contributed by atoms with van der Waals surface area (Å²) in [5.74, 6) is 1.41. The van der Waals surface area contributed by atoms with Gasteiger partial charge in [-0.2, -0.15) is 0 Å². The van der Waals surface area contributed by atoms with Crippen LogP contribution in [0.5, 0.6) is 5.75 Å². The van der Waals surface area contributed by atoms with Gasteiger partial charge in [-0.3, -0.25) is 4.79 Å². The Bertz CT molecular complexity index is 1010. The molecule has 0 bridgehead atoms. The van der Waals surface area contributed by atoms with Crippen LogP contribution in [-0.4, -0.2) is 40.6 Å². The molecule has 0 radical (unpaired) electrons. The number of aryl methyl sites for hydroxylation is 1. The van der Waals surface area contributed by atoms with Crippen molar-refractivity contribution in [3.05, 3.63) is 60.4 Å². The molecule has 5 nitrogen and oxygen atoms in total. The summed E-state index contributed by atoms with van der Waals surface area (Å²) < 4.78 is 7.76. The van der Waals surface area contributed by atoms with Gasteiger partial charge in [0.05, 0.1) is 24.8 Å². The summed E-state index contributed by atoms with van der Waals surface area (Å²) in [6.45, 7) is 6.44. The molecule has 1 fully saturated rings. The fourth-order valence-corrected chi connectivity index (χ4v) is 4.16. The molecule has 1 aliphatic heterocycles. The number of amides is 1. The summed E-state index contributed by atoms with van der Waals surface area (Å²) in [4.78, 5) is 18.9. The van der Waals surface area contributed by atoms with E-state index in [1.807, 2.05) is 43.3 Å². The van der Waals surface area contributed by atoms with Crippen molar-refractivity contribution in [1.82, 2.24) is 14.5 Å². The molecule has 0 saturated carbocycles. The number of ether oxygens (including phenoxy) is 1. The average Bonchev–Trinajstić information content (AvgIpc) is 3.32. The van der Waals surface area contributed by atoms with Crippen molar-refractivity contribution in [2.75, 3.05) is 20.2 Å². The first-order valence-corrected chi connectivity index (χ1v) is 10.1.